The fraction of sp³-hybridized carbons (Fsp3) is 0.188. The number of hydrogen-bond acceptors (Lipinski definition) is 12. The van der Waals surface area contributed by atoms with Gasteiger partial charge in [0.05, 0.1) is 68.7 Å². The molecule has 0 saturated carbocycles. The van der Waals surface area contributed by atoms with Crippen molar-refractivity contribution in [2.45, 2.75) is 66.2 Å². The first-order valence-electron chi connectivity index (χ1n) is 25.1. The largest absolute Gasteiger partial charge is 0.465 e. The molecule has 0 saturated heterocycles. The Balaban J connectivity index is 0.000000179. The summed E-state index contributed by atoms with van der Waals surface area (Å²) in [5.41, 5.74) is 36.9. The molecule has 0 unspecified atom stereocenters. The monoisotopic (exact) mass is 1080 g/mol. The van der Waals surface area contributed by atoms with Crippen molar-refractivity contribution in [3.8, 4) is 0 Å². The van der Waals surface area contributed by atoms with Crippen LogP contribution in [0.15, 0.2) is 131 Å². The highest BCUT2D eigenvalue weighted by Crippen LogP contribution is 2.36. The lowest BCUT2D eigenvalue weighted by molar-refractivity contribution is -0.117. The number of nitrogens with zero attached hydrogens (tertiary/aromatic N) is 6. The van der Waals surface area contributed by atoms with Crippen LogP contribution in [-0.4, -0.2) is 54.5 Å². The number of nitrogens with one attached hydrogen (secondary N) is 1. The van der Waals surface area contributed by atoms with E-state index in [2.05, 4.69) is 34.1 Å². The van der Waals surface area contributed by atoms with E-state index in [-0.39, 0.29) is 24.6 Å². The second-order valence-corrected chi connectivity index (χ2v) is 19.1. The Bertz CT molecular complexity index is 3710. The van der Waals surface area contributed by atoms with Crippen molar-refractivity contribution < 1.29 is 33.9 Å². The third-order valence-electron chi connectivity index (χ3n) is 13.1. The molecule has 17 heteroatoms. The SMILES string of the molecule is [C-]#[N+]c1cc(CC(=O)Cc2cccc(C(=O)OC)c2)c(N)cc1C.[C-]#[N+]c1cc(N)c(N)cc1C.[C-]#[N+]c1cc2c(cc1C)CC(Cc1cccc(C(=O)NO)c1)=N2.[C-]#[N+]c1cc2c(cc1C)CC(Cc1cccc(C(=O)OC)c1)=N2. The highest BCUT2D eigenvalue weighted by atomic mass is 16.5. The molecule has 0 aliphatic carbocycles. The zero-order valence-electron chi connectivity index (χ0n) is 45.6. The van der Waals surface area contributed by atoms with Crippen molar-refractivity contribution in [1.29, 1.82) is 0 Å². The molecule has 0 bridgehead atoms. The first-order chi connectivity index (χ1) is 38.8. The standard InChI is InChI=1S/C19H18N2O3.C19H16N2O2.C18H15N3O2.C8H9N3/c1-12-7-17(20)15(11-18(12)21-2)10-16(22)9-13-5-4-6-14(8-13)19(23)24-3;1-12-7-15-10-16(21-18(15)11-17(12)20-2)9-13-5-4-6-14(8-13)19(22)23-3;1-11-6-14-9-15(20-17(14)10-16(11)19-2)8-12-4-3-5-13(7-12)18(22)21-23;1-5-3-6(9)7(10)4-8(5)11-2/h4-8,11H,9-10,20H2,1,3H3;4-8,11H,9-10H2,1,3H3;3-7,10,23H,8-9H2,1H3,(H,21,22);3-4H,9-10H2,1H3. The highest BCUT2D eigenvalue weighted by molar-refractivity contribution is 5.98. The molecule has 7 aromatic rings. The number of fused-ring (bicyclic) bond motifs is 2. The number of nitrogen functional groups attached to an aromatic ring is 3. The molecule has 0 atom stereocenters. The van der Waals surface area contributed by atoms with Gasteiger partial charge in [0.25, 0.3) is 5.91 Å². The maximum atomic E-state index is 12.3. The predicted octanol–water partition coefficient (Wildman–Crippen LogP) is 12.7. The normalized spacial score (nSPS) is 11.2. The van der Waals surface area contributed by atoms with E-state index in [1.165, 1.54) is 14.2 Å². The van der Waals surface area contributed by atoms with Gasteiger partial charge >= 0.3 is 11.9 Å². The Morgan fingerprint density at radius 3 is 1.38 bits per heavy atom. The average Bonchev–Trinajstić information content (AvgIpc) is 4.07. The van der Waals surface area contributed by atoms with Gasteiger partial charge in [-0.3, -0.25) is 24.8 Å². The van der Waals surface area contributed by atoms with Gasteiger partial charge in [0.15, 0.2) is 22.7 Å². The predicted molar refractivity (Wildman–Crippen MR) is 316 cm³/mol. The van der Waals surface area contributed by atoms with Gasteiger partial charge in [-0.25, -0.2) is 34.4 Å². The molecule has 0 spiro atoms. The molecule has 7 aromatic carbocycles. The summed E-state index contributed by atoms with van der Waals surface area (Å²) in [6, 6.07) is 35.7. The number of ketones is 1. The minimum absolute atomic E-state index is 0.0384. The fourth-order valence-corrected chi connectivity index (χ4v) is 8.89. The molecular weight excluding hydrogens is 1020 g/mol. The summed E-state index contributed by atoms with van der Waals surface area (Å²) in [5, 5.41) is 8.71. The Kier molecular flexibility index (Phi) is 20.2. The maximum Gasteiger partial charge on any atom is 0.337 e. The number of carbonyl (C=O) groups is 4. The van der Waals surface area contributed by atoms with Gasteiger partial charge in [0, 0.05) is 66.9 Å². The number of carbonyl (C=O) groups excluding carboxylic acids is 4. The lowest BCUT2D eigenvalue weighted by Gasteiger charge is -2.09. The smallest absolute Gasteiger partial charge is 0.337 e. The van der Waals surface area contributed by atoms with E-state index in [1.54, 1.807) is 78.3 Å². The third kappa shape index (κ3) is 15.7. The average molecular weight is 1080 g/mol. The molecule has 0 fully saturated rings. The van der Waals surface area contributed by atoms with Crippen LogP contribution in [0.1, 0.15) is 86.7 Å². The van der Waals surface area contributed by atoms with Gasteiger partial charge in [-0.2, -0.15) is 0 Å². The van der Waals surface area contributed by atoms with Crippen LogP contribution in [0.5, 0.6) is 0 Å². The Labute approximate surface area is 470 Å². The van der Waals surface area contributed by atoms with Crippen LogP contribution in [0.3, 0.4) is 0 Å². The Hall–Kier alpha value is -10.7. The van der Waals surface area contributed by atoms with Crippen molar-refractivity contribution >= 4 is 86.2 Å². The molecule has 8 N–H and O–H groups in total. The minimum atomic E-state index is -0.527. The summed E-state index contributed by atoms with van der Waals surface area (Å²) in [7, 11) is 2.69. The van der Waals surface area contributed by atoms with Crippen LogP contribution >= 0.6 is 0 Å². The van der Waals surface area contributed by atoms with E-state index in [1.807, 2.05) is 76.2 Å². The van der Waals surface area contributed by atoms with Crippen LogP contribution < -0.4 is 22.7 Å². The number of hydrogen-bond donors (Lipinski definition) is 5. The minimum Gasteiger partial charge on any atom is -0.465 e. The number of anilines is 3. The number of aryl methyl sites for hydroxylation is 4. The van der Waals surface area contributed by atoms with Crippen LogP contribution in [0.4, 0.5) is 51.2 Å². The van der Waals surface area contributed by atoms with Gasteiger partial charge < -0.3 is 26.7 Å². The van der Waals surface area contributed by atoms with Gasteiger partial charge in [-0.15, -0.1) is 0 Å². The number of Topliss-reactive ketones (excluding diaryl/α,β-unsaturated/α-hetero) is 1. The summed E-state index contributed by atoms with van der Waals surface area (Å²) < 4.78 is 9.43. The Morgan fingerprint density at radius 2 is 0.914 bits per heavy atom. The van der Waals surface area contributed by atoms with Gasteiger partial charge in [-0.05, 0) is 150 Å². The molecule has 0 radical (unpaired) electrons. The van der Waals surface area contributed by atoms with E-state index >= 15 is 0 Å². The lowest BCUT2D eigenvalue weighted by atomic mass is 9.99. The number of methoxy groups -OCH3 is 2. The second kappa shape index (κ2) is 27.5. The number of aliphatic imine (C=N–C) groups is 2. The molecule has 406 valence electrons. The van der Waals surface area contributed by atoms with Gasteiger partial charge in [-0.1, -0.05) is 54.6 Å². The van der Waals surface area contributed by atoms with E-state index < -0.39 is 11.9 Å². The van der Waals surface area contributed by atoms with E-state index in [0.717, 1.165) is 85.7 Å². The summed E-state index contributed by atoms with van der Waals surface area (Å²) >= 11 is 0. The van der Waals surface area contributed by atoms with Crippen LogP contribution in [0, 0.1) is 54.0 Å². The van der Waals surface area contributed by atoms with Gasteiger partial charge in [0.1, 0.15) is 5.78 Å². The summed E-state index contributed by atoms with van der Waals surface area (Å²) in [6.07, 6.45) is 3.20. The van der Waals surface area contributed by atoms with Crippen LogP contribution in [0.2, 0.25) is 0 Å². The zero-order valence-corrected chi connectivity index (χ0v) is 45.6. The molecule has 2 heterocycles. The van der Waals surface area contributed by atoms with E-state index in [4.69, 9.17) is 53.4 Å². The lowest BCUT2D eigenvalue weighted by Crippen LogP contribution is -2.18. The van der Waals surface area contributed by atoms with E-state index in [9.17, 15) is 19.2 Å². The molecule has 81 heavy (non-hydrogen) atoms. The number of ether oxygens (including phenoxy) is 2. The fourth-order valence-electron chi connectivity index (χ4n) is 8.89. The number of amides is 1. The Morgan fingerprint density at radius 1 is 0.519 bits per heavy atom. The van der Waals surface area contributed by atoms with Crippen molar-refractivity contribution in [2.24, 2.45) is 9.98 Å². The van der Waals surface area contributed by atoms with Crippen molar-refractivity contribution in [3.63, 3.8) is 0 Å². The highest BCUT2D eigenvalue weighted by Gasteiger charge is 2.20. The molecule has 1 amide bonds. The van der Waals surface area contributed by atoms with Crippen molar-refractivity contribution in [1.82, 2.24) is 5.48 Å². The first kappa shape index (κ1) is 59.5. The number of esters is 2. The number of rotatable bonds is 11. The third-order valence-corrected chi connectivity index (χ3v) is 13.1. The molecule has 2 aliphatic rings. The molecular formula is C64H58N10O7. The maximum absolute atomic E-state index is 12.3. The summed E-state index contributed by atoms with van der Waals surface area (Å²) in [5.74, 6) is -1.33. The molecule has 2 aliphatic heterocycles. The topological polar surface area (TPSA) is 239 Å². The number of nitrogens with two attached hydrogens (primary N) is 3. The first-order valence-corrected chi connectivity index (χ1v) is 25.1. The van der Waals surface area contributed by atoms with Crippen LogP contribution in [0.25, 0.3) is 19.4 Å². The van der Waals surface area contributed by atoms with Crippen LogP contribution in [-0.2, 0) is 52.8 Å². The van der Waals surface area contributed by atoms with Crippen molar-refractivity contribution in [3.05, 3.63) is 239 Å². The zero-order chi connectivity index (χ0) is 58.9. The molecule has 9 rings (SSSR count). The molecule has 0 aromatic heterocycles. The number of hydroxylamine groups is 1. The summed E-state index contributed by atoms with van der Waals surface area (Å²) in [4.78, 5) is 70.0. The van der Waals surface area contributed by atoms with Crippen molar-refractivity contribution in [2.75, 3.05) is 31.4 Å². The summed E-state index contributed by atoms with van der Waals surface area (Å²) in [6.45, 7) is 35.8. The second-order valence-electron chi connectivity index (χ2n) is 19.1. The van der Waals surface area contributed by atoms with Gasteiger partial charge in [0.2, 0.25) is 0 Å². The van der Waals surface area contributed by atoms with E-state index in [0.29, 0.717) is 74.9 Å². The number of benzene rings is 7. The molecule has 17 nitrogen and oxygen atoms in total. The quantitative estimate of drug-likeness (QED) is 0.0270.